The van der Waals surface area contributed by atoms with Crippen LogP contribution in [0.2, 0.25) is 0 Å². The first-order chi connectivity index (χ1) is 10.2. The van der Waals surface area contributed by atoms with Gasteiger partial charge in [0.2, 0.25) is 5.09 Å². The van der Waals surface area contributed by atoms with Crippen LogP contribution in [-0.2, 0) is 10.0 Å². The van der Waals surface area contributed by atoms with Gasteiger partial charge in [-0.25, -0.2) is 0 Å². The first-order valence-corrected chi connectivity index (χ1v) is 8.54. The maximum absolute atomic E-state index is 12.7. The van der Waals surface area contributed by atoms with E-state index in [-0.39, 0.29) is 5.09 Å². The molecule has 0 amide bonds. The van der Waals surface area contributed by atoms with Crippen molar-refractivity contribution in [3.05, 3.63) is 42.7 Å². The van der Waals surface area contributed by atoms with Crippen molar-refractivity contribution in [2.75, 3.05) is 22.3 Å². The van der Waals surface area contributed by atoms with E-state index in [1.165, 1.54) is 29.5 Å². The third kappa shape index (κ3) is 2.01. The minimum Gasteiger partial charge on any atom is -0.451 e. The van der Waals surface area contributed by atoms with Crippen molar-refractivity contribution in [2.24, 2.45) is 0 Å². The van der Waals surface area contributed by atoms with Crippen LogP contribution in [0.15, 0.2) is 52.2 Å². The first-order valence-electron chi connectivity index (χ1n) is 7.10. The standard InChI is InChI=1S/C15H16N2O3S/c18-21(19,15-6-3-11-20-15)17-10-9-16(12-7-8-12)13-4-1-2-5-14(13)17/h1-6,11-12H,7-10H2. The lowest BCUT2D eigenvalue weighted by Gasteiger charge is -2.37. The summed E-state index contributed by atoms with van der Waals surface area (Å²) in [6.07, 6.45) is 3.78. The predicted molar refractivity (Wildman–Crippen MR) is 80.0 cm³/mol. The monoisotopic (exact) mass is 304 g/mol. The van der Waals surface area contributed by atoms with E-state index in [0.29, 0.717) is 12.6 Å². The number of furan rings is 1. The molecule has 0 atom stereocenters. The molecule has 1 aromatic carbocycles. The van der Waals surface area contributed by atoms with Crippen LogP contribution in [0.5, 0.6) is 0 Å². The van der Waals surface area contributed by atoms with Crippen molar-refractivity contribution < 1.29 is 12.8 Å². The zero-order valence-corrected chi connectivity index (χ0v) is 12.3. The highest BCUT2D eigenvalue weighted by atomic mass is 32.2. The Kier molecular flexibility index (Phi) is 2.75. The molecule has 1 fully saturated rings. The second kappa shape index (κ2) is 4.53. The molecule has 4 rings (SSSR count). The van der Waals surface area contributed by atoms with Gasteiger partial charge in [-0.3, -0.25) is 4.31 Å². The molecule has 0 spiro atoms. The molecule has 0 unspecified atom stereocenters. The predicted octanol–water partition coefficient (Wildman–Crippen LogP) is 2.46. The van der Waals surface area contributed by atoms with E-state index in [1.54, 1.807) is 6.07 Å². The lowest BCUT2D eigenvalue weighted by atomic mass is 10.2. The zero-order chi connectivity index (χ0) is 14.4. The van der Waals surface area contributed by atoms with Crippen LogP contribution in [0.1, 0.15) is 12.8 Å². The molecule has 2 heterocycles. The first kappa shape index (κ1) is 12.8. The van der Waals surface area contributed by atoms with Gasteiger partial charge in [0.1, 0.15) is 0 Å². The van der Waals surface area contributed by atoms with E-state index < -0.39 is 10.0 Å². The normalized spacial score (nSPS) is 18.7. The van der Waals surface area contributed by atoms with Crippen LogP contribution in [0.3, 0.4) is 0 Å². The van der Waals surface area contributed by atoms with Crippen molar-refractivity contribution in [3.63, 3.8) is 0 Å². The Labute approximate surface area is 123 Å². The van der Waals surface area contributed by atoms with Gasteiger partial charge in [-0.15, -0.1) is 0 Å². The van der Waals surface area contributed by atoms with Gasteiger partial charge in [-0.1, -0.05) is 12.1 Å². The number of sulfonamides is 1. The molecule has 2 aromatic rings. The topological polar surface area (TPSA) is 53.8 Å². The molecule has 5 nitrogen and oxygen atoms in total. The summed E-state index contributed by atoms with van der Waals surface area (Å²) in [4.78, 5) is 2.32. The molecule has 1 saturated carbocycles. The summed E-state index contributed by atoms with van der Waals surface area (Å²) in [7, 11) is -3.62. The lowest BCUT2D eigenvalue weighted by Crippen LogP contribution is -2.44. The number of para-hydroxylation sites is 2. The summed E-state index contributed by atoms with van der Waals surface area (Å²) >= 11 is 0. The molecule has 1 aliphatic heterocycles. The van der Waals surface area contributed by atoms with Crippen molar-refractivity contribution in [1.29, 1.82) is 0 Å². The number of hydrogen-bond donors (Lipinski definition) is 0. The molecule has 110 valence electrons. The van der Waals surface area contributed by atoms with Gasteiger partial charge >= 0.3 is 0 Å². The van der Waals surface area contributed by atoms with E-state index in [9.17, 15) is 8.42 Å². The van der Waals surface area contributed by atoms with Crippen molar-refractivity contribution in [3.8, 4) is 0 Å². The maximum Gasteiger partial charge on any atom is 0.297 e. The minimum absolute atomic E-state index is 0.00262. The Balaban J connectivity index is 1.79. The molecule has 0 saturated heterocycles. The molecule has 2 aliphatic rings. The average Bonchev–Trinajstić information content (AvgIpc) is 3.18. The van der Waals surface area contributed by atoms with Crippen LogP contribution in [-0.4, -0.2) is 27.5 Å². The van der Waals surface area contributed by atoms with Crippen molar-refractivity contribution in [1.82, 2.24) is 0 Å². The highest BCUT2D eigenvalue weighted by molar-refractivity contribution is 7.92. The molecular formula is C15H16N2O3S. The van der Waals surface area contributed by atoms with E-state index in [1.807, 2.05) is 24.3 Å². The van der Waals surface area contributed by atoms with Crippen LogP contribution in [0.4, 0.5) is 11.4 Å². The molecule has 6 heteroatoms. The van der Waals surface area contributed by atoms with E-state index in [0.717, 1.165) is 17.9 Å². The number of nitrogens with zero attached hydrogens (tertiary/aromatic N) is 2. The zero-order valence-electron chi connectivity index (χ0n) is 11.5. The van der Waals surface area contributed by atoms with Crippen LogP contribution in [0.25, 0.3) is 0 Å². The number of benzene rings is 1. The molecule has 0 radical (unpaired) electrons. The number of anilines is 2. The van der Waals surface area contributed by atoms with Gasteiger partial charge in [0, 0.05) is 12.6 Å². The highest BCUT2D eigenvalue weighted by Gasteiger charge is 2.38. The van der Waals surface area contributed by atoms with Gasteiger partial charge in [-0.2, -0.15) is 8.42 Å². The fraction of sp³-hybridized carbons (Fsp3) is 0.333. The van der Waals surface area contributed by atoms with E-state index in [2.05, 4.69) is 4.90 Å². The molecule has 21 heavy (non-hydrogen) atoms. The Hall–Kier alpha value is -1.95. The van der Waals surface area contributed by atoms with Gasteiger partial charge in [0.15, 0.2) is 0 Å². The van der Waals surface area contributed by atoms with Crippen molar-refractivity contribution >= 4 is 21.4 Å². The van der Waals surface area contributed by atoms with Gasteiger partial charge in [-0.05, 0) is 37.1 Å². The average molecular weight is 304 g/mol. The summed E-state index contributed by atoms with van der Waals surface area (Å²) in [5.74, 6) is 0. The summed E-state index contributed by atoms with van der Waals surface area (Å²) in [5, 5.41) is -0.00262. The summed E-state index contributed by atoms with van der Waals surface area (Å²) in [5.41, 5.74) is 1.74. The minimum atomic E-state index is -3.62. The van der Waals surface area contributed by atoms with Gasteiger partial charge in [0.25, 0.3) is 10.0 Å². The Morgan fingerprint density at radius 2 is 1.76 bits per heavy atom. The van der Waals surface area contributed by atoms with Gasteiger partial charge in [0.05, 0.1) is 24.2 Å². The Morgan fingerprint density at radius 1 is 1.00 bits per heavy atom. The van der Waals surface area contributed by atoms with Crippen molar-refractivity contribution in [2.45, 2.75) is 24.0 Å². The summed E-state index contributed by atoms with van der Waals surface area (Å²) < 4.78 is 32.0. The van der Waals surface area contributed by atoms with Crippen LogP contribution < -0.4 is 9.21 Å². The third-order valence-electron chi connectivity index (χ3n) is 4.03. The molecular weight excluding hydrogens is 288 g/mol. The quantitative estimate of drug-likeness (QED) is 0.874. The molecule has 0 bridgehead atoms. The van der Waals surface area contributed by atoms with E-state index in [4.69, 9.17) is 4.42 Å². The SMILES string of the molecule is O=S(=O)(c1ccco1)N1CCN(C2CC2)c2ccccc21. The molecule has 1 aromatic heterocycles. The molecule has 0 N–H and O–H groups in total. The Morgan fingerprint density at radius 3 is 2.43 bits per heavy atom. The number of fused-ring (bicyclic) bond motifs is 1. The molecule has 1 aliphatic carbocycles. The third-order valence-corrected chi connectivity index (χ3v) is 5.73. The summed E-state index contributed by atoms with van der Waals surface area (Å²) in [6.45, 7) is 1.18. The van der Waals surface area contributed by atoms with E-state index >= 15 is 0 Å². The summed E-state index contributed by atoms with van der Waals surface area (Å²) in [6, 6.07) is 11.4. The fourth-order valence-corrected chi connectivity index (χ4v) is 4.27. The highest BCUT2D eigenvalue weighted by Crippen LogP contribution is 2.41. The second-order valence-electron chi connectivity index (χ2n) is 5.42. The smallest absolute Gasteiger partial charge is 0.297 e. The Bertz CT molecular complexity index is 751. The fourth-order valence-electron chi connectivity index (χ4n) is 2.89. The second-order valence-corrected chi connectivity index (χ2v) is 7.22. The number of rotatable bonds is 3. The maximum atomic E-state index is 12.7. The largest absolute Gasteiger partial charge is 0.451 e. The van der Waals surface area contributed by atoms with Crippen LogP contribution >= 0.6 is 0 Å². The number of hydrogen-bond acceptors (Lipinski definition) is 4. The van der Waals surface area contributed by atoms with Crippen LogP contribution in [0, 0.1) is 0 Å². The lowest BCUT2D eigenvalue weighted by molar-refractivity contribution is 0.448. The van der Waals surface area contributed by atoms with Gasteiger partial charge < -0.3 is 9.32 Å².